The molecule has 1 aromatic heterocycles. The van der Waals surface area contributed by atoms with Crippen molar-refractivity contribution in [2.24, 2.45) is 0 Å². The lowest BCUT2D eigenvalue weighted by molar-refractivity contribution is 0.385. The first-order valence-corrected chi connectivity index (χ1v) is 7.52. The summed E-state index contributed by atoms with van der Waals surface area (Å²) >= 11 is 1.73. The van der Waals surface area contributed by atoms with E-state index in [-0.39, 0.29) is 0 Å². The van der Waals surface area contributed by atoms with E-state index in [0.717, 1.165) is 24.0 Å². The highest BCUT2D eigenvalue weighted by Gasteiger charge is 2.28. The Balaban J connectivity index is 1.59. The third kappa shape index (κ3) is 3.36. The van der Waals surface area contributed by atoms with Crippen molar-refractivity contribution in [2.45, 2.75) is 36.0 Å². The van der Waals surface area contributed by atoms with Crippen LogP contribution in [0.5, 0.6) is 0 Å². The maximum Gasteiger partial charge on any atom is 0.237 e. The zero-order chi connectivity index (χ0) is 13.1. The van der Waals surface area contributed by atoms with Gasteiger partial charge in [-0.15, -0.1) is 11.8 Å². The van der Waals surface area contributed by atoms with Crippen LogP contribution in [0.25, 0.3) is 0 Å². The number of rotatable bonds is 6. The summed E-state index contributed by atoms with van der Waals surface area (Å²) in [6.07, 6.45) is 2.41. The van der Waals surface area contributed by atoms with Gasteiger partial charge in [0, 0.05) is 17.4 Å². The van der Waals surface area contributed by atoms with Crippen molar-refractivity contribution in [2.75, 3.05) is 7.05 Å². The highest BCUT2D eigenvalue weighted by atomic mass is 32.2. The van der Waals surface area contributed by atoms with E-state index in [1.807, 2.05) is 7.05 Å². The maximum atomic E-state index is 5.27. The van der Waals surface area contributed by atoms with E-state index in [9.17, 15) is 0 Å². The van der Waals surface area contributed by atoms with E-state index >= 15 is 0 Å². The normalized spacial score (nSPS) is 14.8. The molecule has 0 atom stereocenters. The van der Waals surface area contributed by atoms with E-state index in [1.54, 1.807) is 11.8 Å². The topological polar surface area (TPSA) is 51.0 Å². The smallest absolute Gasteiger partial charge is 0.237 e. The minimum Gasteiger partial charge on any atom is -0.338 e. The average Bonchev–Trinajstić information content (AvgIpc) is 3.17. The summed E-state index contributed by atoms with van der Waals surface area (Å²) in [7, 11) is 1.96. The summed E-state index contributed by atoms with van der Waals surface area (Å²) < 4.78 is 5.27. The SMILES string of the molecule is CNCc1cccc(SCc2nc(C3CC3)no2)c1. The van der Waals surface area contributed by atoms with E-state index in [0.29, 0.717) is 5.92 Å². The van der Waals surface area contributed by atoms with Gasteiger partial charge >= 0.3 is 0 Å². The van der Waals surface area contributed by atoms with Crippen LogP contribution in [0.3, 0.4) is 0 Å². The Bertz CT molecular complexity index is 551. The van der Waals surface area contributed by atoms with Crippen LogP contribution in [0.2, 0.25) is 0 Å². The minimum absolute atomic E-state index is 0.557. The number of hydrogen-bond donors (Lipinski definition) is 1. The molecule has 0 aliphatic heterocycles. The van der Waals surface area contributed by atoms with Crippen molar-refractivity contribution in [1.82, 2.24) is 15.5 Å². The van der Waals surface area contributed by atoms with Crippen molar-refractivity contribution in [3.63, 3.8) is 0 Å². The monoisotopic (exact) mass is 275 g/mol. The average molecular weight is 275 g/mol. The molecule has 0 spiro atoms. The molecule has 0 saturated heterocycles. The second-order valence-corrected chi connectivity index (χ2v) is 5.84. The third-order valence-corrected chi connectivity index (χ3v) is 4.05. The second-order valence-electron chi connectivity index (χ2n) is 4.79. The van der Waals surface area contributed by atoms with E-state index in [4.69, 9.17) is 4.52 Å². The number of aromatic nitrogens is 2. The number of thioether (sulfide) groups is 1. The van der Waals surface area contributed by atoms with E-state index < -0.39 is 0 Å². The van der Waals surface area contributed by atoms with Crippen molar-refractivity contribution >= 4 is 11.8 Å². The molecule has 1 aliphatic rings. The molecule has 5 heteroatoms. The van der Waals surface area contributed by atoms with Crippen LogP contribution < -0.4 is 5.32 Å². The molecule has 19 heavy (non-hydrogen) atoms. The summed E-state index contributed by atoms with van der Waals surface area (Å²) in [5, 5.41) is 7.19. The first kappa shape index (κ1) is 12.7. The van der Waals surface area contributed by atoms with Crippen LogP contribution in [-0.4, -0.2) is 17.2 Å². The van der Waals surface area contributed by atoms with Crippen molar-refractivity contribution in [3.05, 3.63) is 41.5 Å². The molecule has 1 aromatic carbocycles. The van der Waals surface area contributed by atoms with Gasteiger partial charge in [0.1, 0.15) is 0 Å². The third-order valence-electron chi connectivity index (χ3n) is 3.07. The fourth-order valence-electron chi connectivity index (χ4n) is 1.93. The van der Waals surface area contributed by atoms with Crippen molar-refractivity contribution < 1.29 is 4.52 Å². The molecular formula is C14H17N3OS. The van der Waals surface area contributed by atoms with Gasteiger partial charge in [-0.3, -0.25) is 0 Å². The largest absolute Gasteiger partial charge is 0.338 e. The fourth-order valence-corrected chi connectivity index (χ4v) is 2.75. The maximum absolute atomic E-state index is 5.27. The molecule has 1 saturated carbocycles. The first-order valence-electron chi connectivity index (χ1n) is 6.54. The zero-order valence-corrected chi connectivity index (χ0v) is 11.7. The minimum atomic E-state index is 0.557. The molecule has 0 unspecified atom stereocenters. The zero-order valence-electron chi connectivity index (χ0n) is 10.9. The number of hydrogen-bond acceptors (Lipinski definition) is 5. The highest BCUT2D eigenvalue weighted by Crippen LogP contribution is 2.38. The standard InChI is InChI=1S/C14H17N3OS/c1-15-8-10-3-2-4-12(7-10)19-9-13-16-14(17-18-13)11-5-6-11/h2-4,7,11,15H,5-6,8-9H2,1H3. The summed E-state index contributed by atoms with van der Waals surface area (Å²) in [6.45, 7) is 0.890. The molecule has 4 nitrogen and oxygen atoms in total. The van der Waals surface area contributed by atoms with Crippen LogP contribution >= 0.6 is 11.8 Å². The predicted molar refractivity (Wildman–Crippen MR) is 75.0 cm³/mol. The van der Waals surface area contributed by atoms with Gasteiger partial charge in [-0.05, 0) is 37.6 Å². The number of nitrogens with one attached hydrogen (secondary N) is 1. The molecule has 100 valence electrons. The second kappa shape index (κ2) is 5.75. The van der Waals surface area contributed by atoms with Crippen LogP contribution in [-0.2, 0) is 12.3 Å². The van der Waals surface area contributed by atoms with Crippen LogP contribution in [0.15, 0.2) is 33.7 Å². The highest BCUT2D eigenvalue weighted by molar-refractivity contribution is 7.98. The van der Waals surface area contributed by atoms with Gasteiger partial charge in [0.25, 0.3) is 0 Å². The Morgan fingerprint density at radius 1 is 1.42 bits per heavy atom. The summed E-state index contributed by atoms with van der Waals surface area (Å²) in [4.78, 5) is 5.67. The van der Waals surface area contributed by atoms with Gasteiger partial charge in [0.15, 0.2) is 5.82 Å². The Morgan fingerprint density at radius 3 is 3.11 bits per heavy atom. The number of benzene rings is 1. The summed E-state index contributed by atoms with van der Waals surface area (Å²) in [5.41, 5.74) is 1.29. The van der Waals surface area contributed by atoms with Crippen LogP contribution in [0.4, 0.5) is 0 Å². The molecular weight excluding hydrogens is 258 g/mol. The molecule has 1 fully saturated rings. The molecule has 1 N–H and O–H groups in total. The van der Waals surface area contributed by atoms with Crippen LogP contribution in [0, 0.1) is 0 Å². The van der Waals surface area contributed by atoms with Gasteiger partial charge in [-0.1, -0.05) is 17.3 Å². The lowest BCUT2D eigenvalue weighted by Crippen LogP contribution is -2.04. The Hall–Kier alpha value is -1.33. The Morgan fingerprint density at radius 2 is 2.32 bits per heavy atom. The lowest BCUT2D eigenvalue weighted by Gasteiger charge is -2.03. The molecule has 3 rings (SSSR count). The molecule has 2 aromatic rings. The summed E-state index contributed by atoms with van der Waals surface area (Å²) in [6, 6.07) is 8.51. The van der Waals surface area contributed by atoms with E-state index in [2.05, 4.69) is 39.7 Å². The van der Waals surface area contributed by atoms with Crippen LogP contribution in [0.1, 0.15) is 36.0 Å². The van der Waals surface area contributed by atoms with Gasteiger partial charge in [-0.2, -0.15) is 4.98 Å². The molecule has 1 heterocycles. The summed E-state index contributed by atoms with van der Waals surface area (Å²) in [5.74, 6) is 2.91. The number of nitrogens with zero attached hydrogens (tertiary/aromatic N) is 2. The Labute approximate surface area is 117 Å². The van der Waals surface area contributed by atoms with E-state index in [1.165, 1.54) is 23.3 Å². The molecule has 0 bridgehead atoms. The molecule has 0 radical (unpaired) electrons. The quantitative estimate of drug-likeness (QED) is 0.821. The lowest BCUT2D eigenvalue weighted by atomic mass is 10.2. The predicted octanol–water partition coefficient (Wildman–Crippen LogP) is 2.96. The first-order chi connectivity index (χ1) is 9.35. The Kier molecular flexibility index (Phi) is 3.84. The van der Waals surface area contributed by atoms with Gasteiger partial charge < -0.3 is 9.84 Å². The van der Waals surface area contributed by atoms with Gasteiger partial charge in [-0.25, -0.2) is 0 Å². The molecule has 0 amide bonds. The fraction of sp³-hybridized carbons (Fsp3) is 0.429. The van der Waals surface area contributed by atoms with Crippen molar-refractivity contribution in [1.29, 1.82) is 0 Å². The van der Waals surface area contributed by atoms with Gasteiger partial charge in [0.2, 0.25) is 5.89 Å². The van der Waals surface area contributed by atoms with Gasteiger partial charge in [0.05, 0.1) is 5.75 Å². The van der Waals surface area contributed by atoms with Crippen molar-refractivity contribution in [3.8, 4) is 0 Å². The molecule has 1 aliphatic carbocycles.